The summed E-state index contributed by atoms with van der Waals surface area (Å²) in [5, 5.41) is 11.0. The number of H-pyrrole nitrogens is 1. The number of aromatic amines is 1. The Kier molecular flexibility index (Phi) is 4.00. The van der Waals surface area contributed by atoms with Gasteiger partial charge in [-0.05, 0) is 12.5 Å². The van der Waals surface area contributed by atoms with Crippen molar-refractivity contribution in [1.29, 1.82) is 0 Å². The number of thiophene rings is 1. The van der Waals surface area contributed by atoms with Gasteiger partial charge in [-0.25, -0.2) is 4.98 Å². The van der Waals surface area contributed by atoms with Crippen LogP contribution in [0.25, 0.3) is 21.3 Å². The van der Waals surface area contributed by atoms with Crippen LogP contribution in [0.4, 0.5) is 0 Å². The number of nitrogens with zero attached hydrogens (tertiary/aromatic N) is 1. The normalized spacial score (nSPS) is 12.4. The predicted octanol–water partition coefficient (Wildman–Crippen LogP) is 3.22. The van der Waals surface area contributed by atoms with E-state index in [0.717, 1.165) is 22.9 Å². The third-order valence-corrected chi connectivity index (χ3v) is 4.99. The van der Waals surface area contributed by atoms with Crippen LogP contribution >= 0.6 is 23.1 Å². The molecule has 3 rings (SSSR count). The van der Waals surface area contributed by atoms with E-state index in [9.17, 15) is 9.59 Å². The van der Waals surface area contributed by atoms with Crippen molar-refractivity contribution in [3.8, 4) is 11.1 Å². The van der Waals surface area contributed by atoms with E-state index in [4.69, 9.17) is 5.11 Å². The van der Waals surface area contributed by atoms with Crippen molar-refractivity contribution < 1.29 is 9.90 Å². The van der Waals surface area contributed by atoms with Gasteiger partial charge in [0.05, 0.1) is 5.39 Å². The number of aliphatic carboxylic acids is 1. The number of benzene rings is 1. The second-order valence-electron chi connectivity index (χ2n) is 4.66. The zero-order valence-electron chi connectivity index (χ0n) is 11.6. The molecule has 0 aliphatic carbocycles. The van der Waals surface area contributed by atoms with Crippen LogP contribution in [0.2, 0.25) is 0 Å². The highest BCUT2D eigenvalue weighted by molar-refractivity contribution is 8.00. The average molecular weight is 332 g/mol. The number of hydrogen-bond donors (Lipinski definition) is 2. The SMILES string of the molecule is C[C@@H](Sc1nc2scc(-c3ccccc3)c2c(=O)[nH]1)C(=O)O. The molecule has 0 aliphatic rings. The van der Waals surface area contributed by atoms with E-state index in [2.05, 4.69) is 9.97 Å². The summed E-state index contributed by atoms with van der Waals surface area (Å²) in [5.74, 6) is -0.941. The zero-order valence-corrected chi connectivity index (χ0v) is 13.2. The van der Waals surface area contributed by atoms with Crippen LogP contribution in [-0.4, -0.2) is 26.3 Å². The van der Waals surface area contributed by atoms with Crippen LogP contribution in [-0.2, 0) is 4.79 Å². The van der Waals surface area contributed by atoms with Crippen LogP contribution in [0, 0.1) is 0 Å². The van der Waals surface area contributed by atoms with Gasteiger partial charge in [0.1, 0.15) is 10.1 Å². The first kappa shape index (κ1) is 14.8. The minimum Gasteiger partial charge on any atom is -0.480 e. The summed E-state index contributed by atoms with van der Waals surface area (Å²) in [5.41, 5.74) is 1.56. The number of carbonyl (C=O) groups is 1. The van der Waals surface area contributed by atoms with E-state index in [0.29, 0.717) is 15.4 Å². The van der Waals surface area contributed by atoms with Crippen LogP contribution in [0.3, 0.4) is 0 Å². The van der Waals surface area contributed by atoms with E-state index in [1.165, 1.54) is 11.3 Å². The number of carboxylic acids is 1. The minimum absolute atomic E-state index is 0.245. The molecule has 112 valence electrons. The molecule has 0 bridgehead atoms. The number of thioether (sulfide) groups is 1. The van der Waals surface area contributed by atoms with Crippen molar-refractivity contribution in [2.24, 2.45) is 0 Å². The van der Waals surface area contributed by atoms with Gasteiger partial charge in [0.25, 0.3) is 5.56 Å². The molecule has 2 aromatic heterocycles. The number of nitrogens with one attached hydrogen (secondary N) is 1. The first-order valence-electron chi connectivity index (χ1n) is 6.52. The molecule has 22 heavy (non-hydrogen) atoms. The van der Waals surface area contributed by atoms with E-state index < -0.39 is 11.2 Å². The molecular formula is C15H12N2O3S2. The number of aromatic nitrogens is 2. The van der Waals surface area contributed by atoms with Crippen LogP contribution in [0.5, 0.6) is 0 Å². The van der Waals surface area contributed by atoms with E-state index in [1.54, 1.807) is 6.92 Å². The van der Waals surface area contributed by atoms with E-state index in [-0.39, 0.29) is 5.56 Å². The van der Waals surface area contributed by atoms with Gasteiger partial charge in [-0.2, -0.15) is 0 Å². The summed E-state index contributed by atoms with van der Waals surface area (Å²) in [6.45, 7) is 1.56. The molecule has 1 atom stereocenters. The lowest BCUT2D eigenvalue weighted by Crippen LogP contribution is -2.14. The molecule has 0 spiro atoms. The molecule has 0 aliphatic heterocycles. The molecule has 0 saturated carbocycles. The summed E-state index contributed by atoms with van der Waals surface area (Å²) in [4.78, 5) is 30.9. The van der Waals surface area contributed by atoms with Crippen molar-refractivity contribution in [3.05, 3.63) is 46.1 Å². The lowest BCUT2D eigenvalue weighted by Gasteiger charge is -2.05. The van der Waals surface area contributed by atoms with Crippen molar-refractivity contribution in [1.82, 2.24) is 9.97 Å². The average Bonchev–Trinajstić information content (AvgIpc) is 2.92. The highest BCUT2D eigenvalue weighted by Gasteiger charge is 2.17. The van der Waals surface area contributed by atoms with Crippen LogP contribution in [0.1, 0.15) is 6.92 Å². The second-order valence-corrected chi connectivity index (χ2v) is 6.85. The Labute approximate surface area is 134 Å². The van der Waals surface area contributed by atoms with Crippen molar-refractivity contribution in [2.45, 2.75) is 17.3 Å². The lowest BCUT2D eigenvalue weighted by atomic mass is 10.1. The Hall–Kier alpha value is -2.12. The molecule has 7 heteroatoms. The monoisotopic (exact) mass is 332 g/mol. The standard InChI is InChI=1S/C15H12N2O3S2/c1-8(14(19)20)22-15-16-12(18)11-10(7-21-13(11)17-15)9-5-3-2-4-6-9/h2-8H,1H3,(H,19,20)(H,16,17,18)/t8-/m1/s1. The molecule has 0 unspecified atom stereocenters. The molecule has 3 aromatic rings. The van der Waals surface area contributed by atoms with Gasteiger partial charge >= 0.3 is 5.97 Å². The zero-order chi connectivity index (χ0) is 15.7. The molecular weight excluding hydrogens is 320 g/mol. The Bertz CT molecular complexity index is 887. The highest BCUT2D eigenvalue weighted by atomic mass is 32.2. The largest absolute Gasteiger partial charge is 0.480 e. The molecule has 0 radical (unpaired) electrons. The first-order valence-corrected chi connectivity index (χ1v) is 8.28. The maximum Gasteiger partial charge on any atom is 0.316 e. The third kappa shape index (κ3) is 2.77. The third-order valence-electron chi connectivity index (χ3n) is 3.14. The second kappa shape index (κ2) is 5.94. The Balaban J connectivity index is 2.07. The fourth-order valence-corrected chi connectivity index (χ4v) is 3.77. The number of carboxylic acid groups (broad SMARTS) is 1. The van der Waals surface area contributed by atoms with Gasteiger partial charge in [0.2, 0.25) is 0 Å². The van der Waals surface area contributed by atoms with Crippen molar-refractivity contribution >= 4 is 39.3 Å². The number of hydrogen-bond acceptors (Lipinski definition) is 5. The van der Waals surface area contributed by atoms with Gasteiger partial charge in [-0.3, -0.25) is 9.59 Å². The summed E-state index contributed by atoms with van der Waals surface area (Å²) < 4.78 is 0. The number of rotatable bonds is 4. The quantitative estimate of drug-likeness (QED) is 0.566. The van der Waals surface area contributed by atoms with Crippen molar-refractivity contribution in [2.75, 3.05) is 0 Å². The Morgan fingerprint density at radius 1 is 1.36 bits per heavy atom. The van der Waals surface area contributed by atoms with E-state index in [1.807, 2.05) is 35.7 Å². The molecule has 2 heterocycles. The predicted molar refractivity (Wildman–Crippen MR) is 88.6 cm³/mol. The molecule has 2 N–H and O–H groups in total. The Morgan fingerprint density at radius 2 is 2.09 bits per heavy atom. The molecule has 5 nitrogen and oxygen atoms in total. The van der Waals surface area contributed by atoms with Gasteiger partial charge in [-0.1, -0.05) is 42.1 Å². The Morgan fingerprint density at radius 3 is 2.77 bits per heavy atom. The van der Waals surface area contributed by atoms with Gasteiger partial charge in [0, 0.05) is 10.9 Å². The summed E-state index contributed by atoms with van der Waals surface area (Å²) in [6, 6.07) is 9.63. The molecule has 0 amide bonds. The number of fused-ring (bicyclic) bond motifs is 1. The van der Waals surface area contributed by atoms with Gasteiger partial charge in [0.15, 0.2) is 5.16 Å². The lowest BCUT2D eigenvalue weighted by molar-refractivity contribution is -0.136. The molecule has 0 fully saturated rings. The fraction of sp³-hybridized carbons (Fsp3) is 0.133. The minimum atomic E-state index is -0.941. The molecule has 0 saturated heterocycles. The van der Waals surface area contributed by atoms with Crippen molar-refractivity contribution in [3.63, 3.8) is 0 Å². The highest BCUT2D eigenvalue weighted by Crippen LogP contribution is 2.31. The smallest absolute Gasteiger partial charge is 0.316 e. The summed E-state index contributed by atoms with van der Waals surface area (Å²) in [7, 11) is 0. The summed E-state index contributed by atoms with van der Waals surface area (Å²) >= 11 is 2.41. The van der Waals surface area contributed by atoms with E-state index >= 15 is 0 Å². The van der Waals surface area contributed by atoms with Crippen LogP contribution < -0.4 is 5.56 Å². The van der Waals surface area contributed by atoms with Gasteiger partial charge < -0.3 is 10.1 Å². The van der Waals surface area contributed by atoms with Gasteiger partial charge in [-0.15, -0.1) is 11.3 Å². The summed E-state index contributed by atoms with van der Waals surface area (Å²) in [6.07, 6.45) is 0. The fourth-order valence-electron chi connectivity index (χ4n) is 2.03. The maximum atomic E-state index is 12.4. The maximum absolute atomic E-state index is 12.4. The topological polar surface area (TPSA) is 83.0 Å². The first-order chi connectivity index (χ1) is 10.6. The molecule has 1 aromatic carbocycles. The van der Waals surface area contributed by atoms with Crippen LogP contribution in [0.15, 0.2) is 45.7 Å².